The van der Waals surface area contributed by atoms with E-state index in [1.165, 1.54) is 167 Å². The summed E-state index contributed by atoms with van der Waals surface area (Å²) in [6.45, 7) is 15.4. The van der Waals surface area contributed by atoms with Crippen molar-refractivity contribution in [1.29, 1.82) is 0 Å². The molecule has 0 bridgehead atoms. The molecule has 55 heavy (non-hydrogen) atoms. The first kappa shape index (κ1) is 51.9. The lowest BCUT2D eigenvalue weighted by molar-refractivity contribution is -0.145. The number of carbonyl (C=O) groups excluding carboxylic acids is 2. The number of carbonyl (C=O) groups is 2. The molecule has 0 unspecified atom stereocenters. The standard InChI is InChI=1S/C49H95NO5/c1-5-9-19-27-46(28-20-10-6-2)36-41-54-48(51)33-25-17-13-15-23-31-45(35-38-50-39-43-53-44-40-50)32-24-16-14-18-26-34-49(52)55-42-37-47(29-21-11-7-3)30-22-12-8-4/h45-47H,5-44H2,1-4H3. The van der Waals surface area contributed by atoms with E-state index in [-0.39, 0.29) is 11.9 Å². The van der Waals surface area contributed by atoms with Crippen LogP contribution >= 0.6 is 0 Å². The molecule has 0 N–H and O–H groups in total. The van der Waals surface area contributed by atoms with Gasteiger partial charge in [-0.3, -0.25) is 14.5 Å². The number of nitrogens with zero attached hydrogens (tertiary/aromatic N) is 1. The molecule has 0 radical (unpaired) electrons. The molecule has 0 aromatic rings. The Kier molecular flexibility index (Phi) is 37.4. The van der Waals surface area contributed by atoms with Gasteiger partial charge in [-0.1, -0.05) is 195 Å². The summed E-state index contributed by atoms with van der Waals surface area (Å²) in [7, 11) is 0. The Labute approximate surface area is 343 Å². The van der Waals surface area contributed by atoms with Crippen molar-refractivity contribution in [2.45, 2.75) is 240 Å². The van der Waals surface area contributed by atoms with Crippen molar-refractivity contribution in [3.63, 3.8) is 0 Å². The quantitative estimate of drug-likeness (QED) is 0.0455. The molecule has 1 aliphatic heterocycles. The Morgan fingerprint density at radius 2 is 0.764 bits per heavy atom. The molecule has 1 heterocycles. The summed E-state index contributed by atoms with van der Waals surface area (Å²) in [5.41, 5.74) is 0. The third kappa shape index (κ3) is 33.5. The largest absolute Gasteiger partial charge is 0.466 e. The van der Waals surface area contributed by atoms with Crippen molar-refractivity contribution >= 4 is 11.9 Å². The molecule has 0 aromatic carbocycles. The monoisotopic (exact) mass is 778 g/mol. The number of hydrogen-bond acceptors (Lipinski definition) is 6. The van der Waals surface area contributed by atoms with E-state index in [4.69, 9.17) is 14.2 Å². The minimum atomic E-state index is 0.0126. The van der Waals surface area contributed by atoms with Gasteiger partial charge in [0.15, 0.2) is 0 Å². The summed E-state index contributed by atoms with van der Waals surface area (Å²) in [4.78, 5) is 27.4. The number of esters is 2. The van der Waals surface area contributed by atoms with Crippen molar-refractivity contribution in [2.24, 2.45) is 17.8 Å². The van der Waals surface area contributed by atoms with Crippen LogP contribution in [0.1, 0.15) is 240 Å². The van der Waals surface area contributed by atoms with Gasteiger partial charge in [0, 0.05) is 25.9 Å². The highest BCUT2D eigenvalue weighted by molar-refractivity contribution is 5.69. The third-order valence-electron chi connectivity index (χ3n) is 12.4. The molecule has 0 aliphatic carbocycles. The van der Waals surface area contributed by atoms with Crippen LogP contribution in [0.5, 0.6) is 0 Å². The molecule has 0 spiro atoms. The molecule has 0 amide bonds. The minimum Gasteiger partial charge on any atom is -0.466 e. The van der Waals surface area contributed by atoms with Crippen molar-refractivity contribution in [3.05, 3.63) is 0 Å². The number of morpholine rings is 1. The van der Waals surface area contributed by atoms with Crippen molar-refractivity contribution < 1.29 is 23.8 Å². The van der Waals surface area contributed by atoms with Crippen molar-refractivity contribution in [3.8, 4) is 0 Å². The fourth-order valence-corrected chi connectivity index (χ4v) is 8.51. The number of hydrogen-bond donors (Lipinski definition) is 0. The van der Waals surface area contributed by atoms with Crippen molar-refractivity contribution in [1.82, 2.24) is 4.90 Å². The second-order valence-corrected chi connectivity index (χ2v) is 17.5. The first-order valence-electron chi connectivity index (χ1n) is 24.6. The SMILES string of the molecule is CCCCCC(CCCCC)CCOC(=O)CCCCCCCC(CCCCCCCC(=O)OCCC(CCCCC)CCCCC)CCN1CCOCC1. The van der Waals surface area contributed by atoms with Gasteiger partial charge in [-0.2, -0.15) is 0 Å². The zero-order valence-electron chi connectivity index (χ0n) is 37.5. The lowest BCUT2D eigenvalue weighted by Crippen LogP contribution is -2.37. The highest BCUT2D eigenvalue weighted by atomic mass is 16.5. The van der Waals surface area contributed by atoms with Crippen LogP contribution in [-0.4, -0.2) is 62.9 Å². The first-order chi connectivity index (χ1) is 27.0. The minimum absolute atomic E-state index is 0.0126. The maximum Gasteiger partial charge on any atom is 0.305 e. The molecule has 0 saturated carbocycles. The summed E-state index contributed by atoms with van der Waals surface area (Å²) in [6, 6.07) is 0. The van der Waals surface area contributed by atoms with Crippen LogP contribution in [0.3, 0.4) is 0 Å². The average molecular weight is 778 g/mol. The zero-order chi connectivity index (χ0) is 39.9. The predicted octanol–water partition coefficient (Wildman–Crippen LogP) is 14.2. The van der Waals surface area contributed by atoms with E-state index in [1.807, 2.05) is 0 Å². The Morgan fingerprint density at radius 1 is 0.436 bits per heavy atom. The van der Waals surface area contributed by atoms with Gasteiger partial charge in [0.05, 0.1) is 26.4 Å². The topological polar surface area (TPSA) is 65.1 Å². The molecule has 6 nitrogen and oxygen atoms in total. The fourth-order valence-electron chi connectivity index (χ4n) is 8.51. The maximum atomic E-state index is 12.4. The van der Waals surface area contributed by atoms with E-state index in [9.17, 15) is 9.59 Å². The molecule has 6 heteroatoms. The lowest BCUT2D eigenvalue weighted by atomic mass is 9.91. The highest BCUT2D eigenvalue weighted by Crippen LogP contribution is 2.25. The van der Waals surface area contributed by atoms with Crippen LogP contribution in [0, 0.1) is 17.8 Å². The van der Waals surface area contributed by atoms with Gasteiger partial charge in [-0.25, -0.2) is 0 Å². The molecule has 1 fully saturated rings. The third-order valence-corrected chi connectivity index (χ3v) is 12.4. The molecule has 1 saturated heterocycles. The van der Waals surface area contributed by atoms with E-state index in [2.05, 4.69) is 32.6 Å². The first-order valence-corrected chi connectivity index (χ1v) is 24.6. The van der Waals surface area contributed by atoms with E-state index in [0.717, 1.165) is 82.6 Å². The Hall–Kier alpha value is -1.14. The van der Waals surface area contributed by atoms with Gasteiger partial charge >= 0.3 is 11.9 Å². The van der Waals surface area contributed by atoms with Crippen LogP contribution < -0.4 is 0 Å². The lowest BCUT2D eigenvalue weighted by Gasteiger charge is -2.28. The molecule has 0 aromatic heterocycles. The van der Waals surface area contributed by atoms with Gasteiger partial charge in [0.25, 0.3) is 0 Å². The zero-order valence-corrected chi connectivity index (χ0v) is 37.5. The van der Waals surface area contributed by atoms with E-state index >= 15 is 0 Å². The van der Waals surface area contributed by atoms with Crippen LogP contribution in [0.15, 0.2) is 0 Å². The van der Waals surface area contributed by atoms with Gasteiger partial charge in [-0.15, -0.1) is 0 Å². The maximum absolute atomic E-state index is 12.4. The van der Waals surface area contributed by atoms with Crippen LogP contribution in [0.25, 0.3) is 0 Å². The van der Waals surface area contributed by atoms with Crippen LogP contribution in [0.4, 0.5) is 0 Å². The summed E-state index contributed by atoms with van der Waals surface area (Å²) < 4.78 is 16.9. The summed E-state index contributed by atoms with van der Waals surface area (Å²) in [5.74, 6) is 2.27. The number of rotatable bonds is 41. The summed E-state index contributed by atoms with van der Waals surface area (Å²) in [6.07, 6.45) is 39.8. The Balaban J connectivity index is 2.22. The van der Waals surface area contributed by atoms with Crippen molar-refractivity contribution in [2.75, 3.05) is 46.1 Å². The van der Waals surface area contributed by atoms with Gasteiger partial charge in [0.1, 0.15) is 0 Å². The van der Waals surface area contributed by atoms with E-state index < -0.39 is 0 Å². The second kappa shape index (κ2) is 39.7. The predicted molar refractivity (Wildman–Crippen MR) is 235 cm³/mol. The molecule has 0 atom stereocenters. The number of unbranched alkanes of at least 4 members (excludes halogenated alkanes) is 16. The fraction of sp³-hybridized carbons (Fsp3) is 0.959. The van der Waals surface area contributed by atoms with E-state index in [1.54, 1.807) is 0 Å². The highest BCUT2D eigenvalue weighted by Gasteiger charge is 2.15. The molecule has 326 valence electrons. The molecular formula is C49H95NO5. The molecular weight excluding hydrogens is 683 g/mol. The Bertz CT molecular complexity index is 754. The van der Waals surface area contributed by atoms with Crippen LogP contribution in [-0.2, 0) is 23.8 Å². The van der Waals surface area contributed by atoms with Gasteiger partial charge in [-0.05, 0) is 56.4 Å². The summed E-state index contributed by atoms with van der Waals surface area (Å²) >= 11 is 0. The average Bonchev–Trinajstić information content (AvgIpc) is 3.19. The van der Waals surface area contributed by atoms with E-state index in [0.29, 0.717) is 26.1 Å². The Morgan fingerprint density at radius 3 is 1.15 bits per heavy atom. The normalized spacial score (nSPS) is 13.7. The van der Waals surface area contributed by atoms with Gasteiger partial charge < -0.3 is 14.2 Å². The smallest absolute Gasteiger partial charge is 0.305 e. The molecule has 1 rings (SSSR count). The summed E-state index contributed by atoms with van der Waals surface area (Å²) in [5, 5.41) is 0. The molecule has 1 aliphatic rings. The van der Waals surface area contributed by atoms with Crippen LogP contribution in [0.2, 0.25) is 0 Å². The number of ether oxygens (including phenoxy) is 3. The second-order valence-electron chi connectivity index (χ2n) is 17.5. The van der Waals surface area contributed by atoms with Gasteiger partial charge in [0.2, 0.25) is 0 Å².